The largest absolute Gasteiger partial charge is 0.484 e. The van der Waals surface area contributed by atoms with Gasteiger partial charge in [-0.1, -0.05) is 51.1 Å². The van der Waals surface area contributed by atoms with Crippen molar-refractivity contribution in [1.82, 2.24) is 15.4 Å². The van der Waals surface area contributed by atoms with Crippen LogP contribution in [0.3, 0.4) is 0 Å². The van der Waals surface area contributed by atoms with Gasteiger partial charge in [0, 0.05) is 24.1 Å². The van der Waals surface area contributed by atoms with Gasteiger partial charge < -0.3 is 9.30 Å². The molecule has 6 heteroatoms. The summed E-state index contributed by atoms with van der Waals surface area (Å²) >= 11 is 0. The smallest absolute Gasteiger partial charge is 0.276 e. The van der Waals surface area contributed by atoms with Crippen molar-refractivity contribution in [3.05, 3.63) is 65.9 Å². The fraction of sp³-hybridized carbons (Fsp3) is 0.273. The quantitative estimate of drug-likeness (QED) is 0.683. The fourth-order valence-electron chi connectivity index (χ4n) is 2.95. The van der Waals surface area contributed by atoms with Gasteiger partial charge in [-0.3, -0.25) is 20.4 Å². The number of fused-ring (bicyclic) bond motifs is 1. The van der Waals surface area contributed by atoms with E-state index in [4.69, 9.17) is 4.74 Å². The van der Waals surface area contributed by atoms with Crippen LogP contribution in [0.1, 0.15) is 36.7 Å². The fourth-order valence-corrected chi connectivity index (χ4v) is 2.95. The van der Waals surface area contributed by atoms with Crippen LogP contribution in [0, 0.1) is 0 Å². The van der Waals surface area contributed by atoms with Crippen molar-refractivity contribution < 1.29 is 14.3 Å². The van der Waals surface area contributed by atoms with E-state index in [1.165, 1.54) is 5.56 Å². The second-order valence-corrected chi connectivity index (χ2v) is 7.74. The van der Waals surface area contributed by atoms with E-state index in [2.05, 4.69) is 31.6 Å². The van der Waals surface area contributed by atoms with Gasteiger partial charge in [0.1, 0.15) is 5.75 Å². The number of benzene rings is 2. The van der Waals surface area contributed by atoms with Gasteiger partial charge >= 0.3 is 0 Å². The van der Waals surface area contributed by atoms with Crippen molar-refractivity contribution in [2.45, 2.75) is 26.2 Å². The zero-order chi connectivity index (χ0) is 20.3. The zero-order valence-corrected chi connectivity index (χ0v) is 16.6. The lowest BCUT2D eigenvalue weighted by atomic mass is 9.87. The number of hydrogen-bond donors (Lipinski definition) is 2. The van der Waals surface area contributed by atoms with E-state index in [0.717, 1.165) is 10.9 Å². The number of rotatable bonds is 4. The van der Waals surface area contributed by atoms with Gasteiger partial charge in [-0.25, -0.2) is 0 Å². The van der Waals surface area contributed by atoms with Gasteiger partial charge in [-0.05, 0) is 29.2 Å². The van der Waals surface area contributed by atoms with Crippen molar-refractivity contribution in [2.24, 2.45) is 7.05 Å². The molecular weight excluding hydrogens is 354 g/mol. The Bertz CT molecular complexity index is 998. The summed E-state index contributed by atoms with van der Waals surface area (Å²) in [5.74, 6) is -0.211. The standard InChI is InChI=1S/C22H25N3O3/c1-22(2,3)15-9-11-16(12-10-15)28-14-20(26)23-24-21(27)18-13-25(4)19-8-6-5-7-17(18)19/h5-13H,14H2,1-4H3,(H,23,26)(H,24,27). The van der Waals surface area contributed by atoms with Crippen LogP contribution in [0.2, 0.25) is 0 Å². The maximum atomic E-state index is 12.4. The Labute approximate surface area is 164 Å². The first-order valence-corrected chi connectivity index (χ1v) is 9.12. The van der Waals surface area contributed by atoms with Crippen molar-refractivity contribution in [1.29, 1.82) is 0 Å². The van der Waals surface area contributed by atoms with Crippen molar-refractivity contribution >= 4 is 22.7 Å². The first-order chi connectivity index (χ1) is 13.3. The monoisotopic (exact) mass is 379 g/mol. The number of nitrogens with one attached hydrogen (secondary N) is 2. The minimum Gasteiger partial charge on any atom is -0.484 e. The third-order valence-electron chi connectivity index (χ3n) is 4.55. The molecule has 0 aliphatic carbocycles. The van der Waals surface area contributed by atoms with Gasteiger partial charge in [-0.15, -0.1) is 0 Å². The molecule has 0 bridgehead atoms. The van der Waals surface area contributed by atoms with Gasteiger partial charge in [0.25, 0.3) is 11.8 Å². The molecule has 28 heavy (non-hydrogen) atoms. The number of carbonyl (C=O) groups excluding carboxylic acids is 2. The third-order valence-corrected chi connectivity index (χ3v) is 4.55. The summed E-state index contributed by atoms with van der Waals surface area (Å²) in [7, 11) is 1.87. The molecule has 0 spiro atoms. The van der Waals surface area contributed by atoms with Crippen LogP contribution in [-0.2, 0) is 17.3 Å². The number of para-hydroxylation sites is 1. The molecular formula is C22H25N3O3. The Morgan fingerprint density at radius 3 is 2.36 bits per heavy atom. The SMILES string of the molecule is Cn1cc(C(=O)NNC(=O)COc2ccc(C(C)(C)C)cc2)c2ccccc21. The molecule has 1 aromatic heterocycles. The summed E-state index contributed by atoms with van der Waals surface area (Å²) in [5.41, 5.74) is 7.51. The average Bonchev–Trinajstić information content (AvgIpc) is 3.01. The molecule has 3 rings (SSSR count). The molecule has 0 aliphatic rings. The van der Waals surface area contributed by atoms with Gasteiger partial charge in [0.15, 0.2) is 6.61 Å². The molecule has 3 aromatic rings. The summed E-state index contributed by atoms with van der Waals surface area (Å²) in [6.07, 6.45) is 1.74. The summed E-state index contributed by atoms with van der Waals surface area (Å²) in [5, 5.41) is 0.826. The van der Waals surface area contributed by atoms with E-state index in [1.807, 2.05) is 60.1 Å². The molecule has 6 nitrogen and oxygen atoms in total. The van der Waals surface area contributed by atoms with Crippen LogP contribution in [0.15, 0.2) is 54.7 Å². The molecule has 2 N–H and O–H groups in total. The Kier molecular flexibility index (Phi) is 5.40. The van der Waals surface area contributed by atoms with E-state index < -0.39 is 5.91 Å². The molecule has 0 aliphatic heterocycles. The number of nitrogens with zero attached hydrogens (tertiary/aromatic N) is 1. The van der Waals surface area contributed by atoms with Crippen LogP contribution in [0.5, 0.6) is 5.75 Å². The molecule has 0 saturated carbocycles. The maximum absolute atomic E-state index is 12.4. The van der Waals surface area contributed by atoms with Crippen molar-refractivity contribution in [3.8, 4) is 5.75 Å². The Morgan fingerprint density at radius 2 is 1.68 bits per heavy atom. The lowest BCUT2D eigenvalue weighted by Gasteiger charge is -2.19. The second-order valence-electron chi connectivity index (χ2n) is 7.74. The Balaban J connectivity index is 1.53. The second kappa shape index (κ2) is 7.76. The molecule has 0 saturated heterocycles. The summed E-state index contributed by atoms with van der Waals surface area (Å²) in [4.78, 5) is 24.4. The Hall–Kier alpha value is -3.28. The van der Waals surface area contributed by atoms with Crippen LogP contribution in [-0.4, -0.2) is 23.0 Å². The first-order valence-electron chi connectivity index (χ1n) is 9.12. The van der Waals surface area contributed by atoms with Crippen molar-refractivity contribution in [2.75, 3.05) is 6.61 Å². The molecule has 0 unspecified atom stereocenters. The first kappa shape index (κ1) is 19.5. The van der Waals surface area contributed by atoms with Gasteiger partial charge in [-0.2, -0.15) is 0 Å². The zero-order valence-electron chi connectivity index (χ0n) is 16.6. The normalized spacial score (nSPS) is 11.3. The summed E-state index contributed by atoms with van der Waals surface area (Å²) < 4.78 is 7.35. The molecule has 146 valence electrons. The van der Waals surface area contributed by atoms with Crippen LogP contribution < -0.4 is 15.6 Å². The van der Waals surface area contributed by atoms with E-state index >= 15 is 0 Å². The minimum absolute atomic E-state index is 0.0573. The number of carbonyl (C=O) groups is 2. The van der Waals surface area contributed by atoms with Gasteiger partial charge in [0.2, 0.25) is 0 Å². The molecule has 1 heterocycles. The molecule has 0 atom stereocenters. The highest BCUT2D eigenvalue weighted by atomic mass is 16.5. The van der Waals surface area contributed by atoms with E-state index in [-0.39, 0.29) is 17.9 Å². The van der Waals surface area contributed by atoms with E-state index in [1.54, 1.807) is 6.20 Å². The lowest BCUT2D eigenvalue weighted by molar-refractivity contribution is -0.123. The average molecular weight is 379 g/mol. The number of hydrogen-bond acceptors (Lipinski definition) is 3. The predicted molar refractivity (Wildman–Crippen MR) is 109 cm³/mol. The topological polar surface area (TPSA) is 72.4 Å². The number of aryl methyl sites for hydroxylation is 1. The van der Waals surface area contributed by atoms with Crippen molar-refractivity contribution in [3.63, 3.8) is 0 Å². The Morgan fingerprint density at radius 1 is 1.00 bits per heavy atom. The number of ether oxygens (including phenoxy) is 1. The van der Waals surface area contributed by atoms with Crippen LogP contribution >= 0.6 is 0 Å². The number of amides is 2. The molecule has 2 aromatic carbocycles. The van der Waals surface area contributed by atoms with Crippen LogP contribution in [0.4, 0.5) is 0 Å². The van der Waals surface area contributed by atoms with E-state index in [0.29, 0.717) is 11.3 Å². The summed E-state index contributed by atoms with van der Waals surface area (Å²) in [6, 6.07) is 15.2. The molecule has 0 fully saturated rings. The van der Waals surface area contributed by atoms with Crippen LogP contribution in [0.25, 0.3) is 10.9 Å². The number of hydrazine groups is 1. The maximum Gasteiger partial charge on any atom is 0.276 e. The highest BCUT2D eigenvalue weighted by molar-refractivity contribution is 6.07. The number of aromatic nitrogens is 1. The predicted octanol–water partition coefficient (Wildman–Crippen LogP) is 3.32. The lowest BCUT2D eigenvalue weighted by Crippen LogP contribution is -2.43. The minimum atomic E-state index is -0.437. The molecule has 0 radical (unpaired) electrons. The highest BCUT2D eigenvalue weighted by Crippen LogP contribution is 2.24. The van der Waals surface area contributed by atoms with Gasteiger partial charge in [0.05, 0.1) is 5.56 Å². The third kappa shape index (κ3) is 4.34. The highest BCUT2D eigenvalue weighted by Gasteiger charge is 2.15. The molecule has 2 amide bonds. The summed E-state index contributed by atoms with van der Waals surface area (Å²) in [6.45, 7) is 6.21. The van der Waals surface area contributed by atoms with E-state index in [9.17, 15) is 9.59 Å².